The van der Waals surface area contributed by atoms with E-state index in [2.05, 4.69) is 29.8 Å². The largest absolute Gasteiger partial charge is 0.155 e. The first-order chi connectivity index (χ1) is 5.87. The van der Waals surface area contributed by atoms with Gasteiger partial charge in [-0.2, -0.15) is 0 Å². The predicted molar refractivity (Wildman–Crippen MR) is 64.5 cm³/mol. The summed E-state index contributed by atoms with van der Waals surface area (Å²) >= 11 is 22.4. The lowest BCUT2D eigenvalue weighted by Crippen LogP contribution is -2.13. The van der Waals surface area contributed by atoms with Crippen molar-refractivity contribution in [3.63, 3.8) is 0 Å². The summed E-state index contributed by atoms with van der Waals surface area (Å²) in [6.07, 6.45) is 3.81. The number of rotatable bonds is 4. The van der Waals surface area contributed by atoms with E-state index in [0.717, 1.165) is 25.7 Å². The van der Waals surface area contributed by atoms with Gasteiger partial charge in [0.15, 0.2) is 4.33 Å². The summed E-state index contributed by atoms with van der Waals surface area (Å²) in [5.41, 5.74) is 0. The highest BCUT2D eigenvalue weighted by Gasteiger charge is 2.84. The monoisotopic (exact) mass is 306 g/mol. The van der Waals surface area contributed by atoms with Crippen molar-refractivity contribution in [2.24, 2.45) is 0 Å². The zero-order chi connectivity index (χ0) is 10.3. The lowest BCUT2D eigenvalue weighted by Gasteiger charge is -2.10. The van der Waals surface area contributed by atoms with Crippen LogP contribution in [-0.2, 0) is 0 Å². The number of halogens is 4. The number of hydrogen-bond acceptors (Lipinski definition) is 0. The average Bonchev–Trinajstić information content (AvgIpc) is 2.32. The molecule has 78 valence electrons. The fourth-order valence-electron chi connectivity index (χ4n) is 1.93. The quantitative estimate of drug-likeness (QED) is 0.649. The van der Waals surface area contributed by atoms with Crippen molar-refractivity contribution in [2.75, 3.05) is 0 Å². The third kappa shape index (κ3) is 1.46. The molecule has 0 aromatic rings. The molecule has 1 rings (SSSR count). The maximum absolute atomic E-state index is 6.41. The molecule has 2 atom stereocenters. The maximum Gasteiger partial charge on any atom is 0.155 e. The molecule has 4 heteroatoms. The van der Waals surface area contributed by atoms with Gasteiger partial charge < -0.3 is 0 Å². The Morgan fingerprint density at radius 2 is 1.46 bits per heavy atom. The van der Waals surface area contributed by atoms with Crippen LogP contribution in [0.15, 0.2) is 0 Å². The summed E-state index contributed by atoms with van der Waals surface area (Å²) in [6.45, 7) is 4.19. The summed E-state index contributed by atoms with van der Waals surface area (Å²) in [6, 6.07) is 0. The second kappa shape index (κ2) is 3.73. The highest BCUT2D eigenvalue weighted by atomic mass is 79.9. The molecule has 0 aliphatic heterocycles. The molecule has 0 nitrogen and oxygen atoms in total. The van der Waals surface area contributed by atoms with Crippen LogP contribution >= 0.6 is 50.7 Å². The molecule has 0 spiro atoms. The van der Waals surface area contributed by atoms with E-state index < -0.39 is 9.21 Å². The Balaban J connectivity index is 2.79. The van der Waals surface area contributed by atoms with E-state index in [1.54, 1.807) is 0 Å². The van der Waals surface area contributed by atoms with Gasteiger partial charge in [-0.05, 0) is 12.8 Å². The number of alkyl halides is 4. The van der Waals surface area contributed by atoms with Crippen LogP contribution in [0.2, 0.25) is 0 Å². The summed E-state index contributed by atoms with van der Waals surface area (Å²) < 4.78 is -1.10. The minimum absolute atomic E-state index is 0.289. The Bertz CT molecular complexity index is 187. The summed E-state index contributed by atoms with van der Waals surface area (Å²) in [5.74, 6) is 0. The SMILES string of the molecule is CCCC1(Cl)C(Cl)(Cl)C1(Br)CCC. The normalized spacial score (nSPS) is 42.0. The highest BCUT2D eigenvalue weighted by Crippen LogP contribution is 2.77. The summed E-state index contributed by atoms with van der Waals surface area (Å²) in [5, 5.41) is 0. The lowest BCUT2D eigenvalue weighted by atomic mass is 10.1. The average molecular weight is 308 g/mol. The van der Waals surface area contributed by atoms with Crippen LogP contribution in [0.1, 0.15) is 39.5 Å². The van der Waals surface area contributed by atoms with E-state index in [1.165, 1.54) is 0 Å². The summed E-state index contributed by atoms with van der Waals surface area (Å²) in [7, 11) is 0. The van der Waals surface area contributed by atoms with E-state index in [9.17, 15) is 0 Å². The van der Waals surface area contributed by atoms with E-state index in [4.69, 9.17) is 34.8 Å². The molecule has 1 aliphatic rings. The smallest absolute Gasteiger partial charge is 0.114 e. The molecular weight excluding hydrogens is 294 g/mol. The van der Waals surface area contributed by atoms with Crippen molar-refractivity contribution in [2.45, 2.75) is 53.1 Å². The molecule has 1 aliphatic carbocycles. The number of hydrogen-bond donors (Lipinski definition) is 0. The molecule has 2 unspecified atom stereocenters. The molecule has 0 saturated heterocycles. The van der Waals surface area contributed by atoms with Gasteiger partial charge in [-0.1, -0.05) is 65.8 Å². The molecule has 0 bridgehead atoms. The van der Waals surface area contributed by atoms with Gasteiger partial charge in [-0.15, -0.1) is 11.6 Å². The second-order valence-electron chi connectivity index (χ2n) is 3.68. The van der Waals surface area contributed by atoms with Crippen molar-refractivity contribution in [1.82, 2.24) is 0 Å². The first-order valence-electron chi connectivity index (χ1n) is 4.63. The van der Waals surface area contributed by atoms with E-state index in [1.807, 2.05) is 0 Å². The van der Waals surface area contributed by atoms with Crippen LogP contribution in [0.3, 0.4) is 0 Å². The van der Waals surface area contributed by atoms with Crippen LogP contribution in [0.25, 0.3) is 0 Å². The van der Waals surface area contributed by atoms with Crippen molar-refractivity contribution in [3.8, 4) is 0 Å². The predicted octanol–water partition coefficient (Wildman–Crippen LogP) is 4.89. The fourth-order valence-corrected chi connectivity index (χ4v) is 4.97. The van der Waals surface area contributed by atoms with Crippen molar-refractivity contribution in [1.29, 1.82) is 0 Å². The molecule has 1 saturated carbocycles. The topological polar surface area (TPSA) is 0 Å². The molecular formula is C9H14BrCl3. The van der Waals surface area contributed by atoms with Gasteiger partial charge >= 0.3 is 0 Å². The van der Waals surface area contributed by atoms with Gasteiger partial charge in [-0.3, -0.25) is 0 Å². The minimum atomic E-state index is -0.812. The van der Waals surface area contributed by atoms with Crippen LogP contribution in [-0.4, -0.2) is 13.5 Å². The molecule has 0 amide bonds. The van der Waals surface area contributed by atoms with Gasteiger partial charge in [0.1, 0.15) is 0 Å². The Kier molecular flexibility index (Phi) is 3.57. The van der Waals surface area contributed by atoms with Gasteiger partial charge in [0.2, 0.25) is 0 Å². The zero-order valence-electron chi connectivity index (χ0n) is 7.84. The van der Waals surface area contributed by atoms with Gasteiger partial charge in [0, 0.05) is 0 Å². The molecule has 0 aromatic carbocycles. The molecule has 0 aromatic heterocycles. The van der Waals surface area contributed by atoms with Crippen LogP contribution in [0, 0.1) is 0 Å². The van der Waals surface area contributed by atoms with Crippen molar-refractivity contribution >= 4 is 50.7 Å². The van der Waals surface area contributed by atoms with Crippen LogP contribution in [0.4, 0.5) is 0 Å². The van der Waals surface area contributed by atoms with Gasteiger partial charge in [-0.25, -0.2) is 0 Å². The van der Waals surface area contributed by atoms with Crippen molar-refractivity contribution in [3.05, 3.63) is 0 Å². The first kappa shape index (κ1) is 12.4. The third-order valence-corrected chi connectivity index (χ3v) is 7.38. The Labute approximate surface area is 103 Å². The third-order valence-electron chi connectivity index (χ3n) is 2.75. The first-order valence-corrected chi connectivity index (χ1v) is 6.55. The molecule has 13 heavy (non-hydrogen) atoms. The van der Waals surface area contributed by atoms with Crippen LogP contribution in [0.5, 0.6) is 0 Å². The van der Waals surface area contributed by atoms with E-state index >= 15 is 0 Å². The lowest BCUT2D eigenvalue weighted by molar-refractivity contribution is 0.654. The fraction of sp³-hybridized carbons (Fsp3) is 1.00. The molecule has 0 radical (unpaired) electrons. The Morgan fingerprint density at radius 3 is 1.85 bits per heavy atom. The second-order valence-corrected chi connectivity index (χ2v) is 7.00. The summed E-state index contributed by atoms with van der Waals surface area (Å²) in [4.78, 5) is -0.478. The highest BCUT2D eigenvalue weighted by molar-refractivity contribution is 9.10. The van der Waals surface area contributed by atoms with Crippen LogP contribution < -0.4 is 0 Å². The van der Waals surface area contributed by atoms with Gasteiger partial charge in [0.25, 0.3) is 0 Å². The zero-order valence-corrected chi connectivity index (χ0v) is 11.7. The Morgan fingerprint density at radius 1 is 1.00 bits per heavy atom. The molecule has 0 heterocycles. The standard InChI is InChI=1S/C9H14BrCl3/c1-3-5-7(10)8(11,6-4-2)9(7,12)13/h3-6H2,1-2H3. The minimum Gasteiger partial charge on any atom is -0.114 e. The Hall–Kier alpha value is 1.35. The van der Waals surface area contributed by atoms with Gasteiger partial charge in [0.05, 0.1) is 9.20 Å². The van der Waals surface area contributed by atoms with E-state index in [0.29, 0.717) is 0 Å². The van der Waals surface area contributed by atoms with E-state index in [-0.39, 0.29) is 4.32 Å². The molecule has 0 N–H and O–H groups in total. The van der Waals surface area contributed by atoms with Crippen molar-refractivity contribution < 1.29 is 0 Å². The molecule has 1 fully saturated rings. The maximum atomic E-state index is 6.41.